The van der Waals surface area contributed by atoms with Gasteiger partial charge in [-0.05, 0) is 0 Å². The topological polar surface area (TPSA) is 49.7 Å². The predicted octanol–water partition coefficient (Wildman–Crippen LogP) is 0.142. The summed E-state index contributed by atoms with van der Waals surface area (Å²) in [5.41, 5.74) is 0. The van der Waals surface area contributed by atoms with Gasteiger partial charge in [0.2, 0.25) is 0 Å². The Hall–Kier alpha value is 0.660. The minimum atomic E-state index is 0. The zero-order valence-corrected chi connectivity index (χ0v) is 3.54. The second-order valence-electron chi connectivity index (χ2n) is 0.0816. The number of hydrogen-bond donors (Lipinski definition) is 1. The minimum Gasteiger partial charge on any atom is -0.379 e. The molecule has 0 spiro atoms. The molecule has 0 atom stereocenters. The van der Waals surface area contributed by atoms with Gasteiger partial charge in [0.05, 0.1) is 0 Å². The van der Waals surface area contributed by atoms with E-state index >= 15 is 0 Å². The van der Waals surface area contributed by atoms with Crippen LogP contribution >= 0.6 is 0 Å². The number of rotatable bonds is 0. The van der Waals surface area contributed by atoms with Crippen molar-refractivity contribution in [3.63, 3.8) is 0 Å². The molecule has 0 rings (SSSR count). The SMILES string of the molecule is O=NO.[Ho]. The number of hydrogen-bond acceptors (Lipinski definition) is 2. The van der Waals surface area contributed by atoms with Gasteiger partial charge in [0.1, 0.15) is 0 Å². The molecule has 0 aromatic carbocycles. The molecule has 0 amide bonds. The van der Waals surface area contributed by atoms with Gasteiger partial charge < -0.3 is 5.21 Å². The molecule has 1 N–H and O–H groups in total. The second kappa shape index (κ2) is 9.40. The van der Waals surface area contributed by atoms with Crippen molar-refractivity contribution < 1.29 is 42.9 Å². The van der Waals surface area contributed by atoms with Gasteiger partial charge >= 0.3 is 0 Å². The Balaban J connectivity index is 0. The molecule has 0 heterocycles. The zero-order chi connectivity index (χ0) is 2.71. The smallest absolute Gasteiger partial charge is 0.152 e. The molecule has 29 valence electrons. The Morgan fingerprint density at radius 2 is 1.75 bits per heavy atom. The quantitative estimate of drug-likeness (QED) is 0.352. The van der Waals surface area contributed by atoms with Gasteiger partial charge in [0.25, 0.3) is 0 Å². The summed E-state index contributed by atoms with van der Waals surface area (Å²) in [7, 11) is 0. The van der Waals surface area contributed by atoms with E-state index < -0.39 is 0 Å². The second-order valence-corrected chi connectivity index (χ2v) is 0.0816. The van der Waals surface area contributed by atoms with Crippen LogP contribution in [0.3, 0.4) is 0 Å². The molecule has 4 heavy (non-hydrogen) atoms. The van der Waals surface area contributed by atoms with E-state index in [2.05, 4.69) is 0 Å². The van der Waals surface area contributed by atoms with Gasteiger partial charge in [-0.3, -0.25) is 0 Å². The summed E-state index contributed by atoms with van der Waals surface area (Å²) in [6, 6.07) is 0. The first-order chi connectivity index (χ1) is 1.41. The van der Waals surface area contributed by atoms with Gasteiger partial charge in [0.15, 0.2) is 5.34 Å². The van der Waals surface area contributed by atoms with Crippen LogP contribution in [0, 0.1) is 42.6 Å². The first-order valence-electron chi connectivity index (χ1n) is 0.383. The van der Waals surface area contributed by atoms with E-state index in [1.54, 1.807) is 0 Å². The fourth-order valence-electron chi connectivity index (χ4n) is 0. The molecular formula is HHoNO2. The van der Waals surface area contributed by atoms with Crippen molar-refractivity contribution in [2.45, 2.75) is 0 Å². The summed E-state index contributed by atoms with van der Waals surface area (Å²) >= 11 is 0. The molecule has 0 aromatic heterocycles. The molecule has 3 nitrogen and oxygen atoms in total. The van der Waals surface area contributed by atoms with Crippen molar-refractivity contribution in [1.82, 2.24) is 0 Å². The van der Waals surface area contributed by atoms with Gasteiger partial charge in [-0.15, -0.1) is 4.91 Å². The molecule has 0 saturated heterocycles. The summed E-state index contributed by atoms with van der Waals surface area (Å²) in [5, 5.41) is 7.89. The Morgan fingerprint density at radius 3 is 1.75 bits per heavy atom. The minimum absolute atomic E-state index is 0. The van der Waals surface area contributed by atoms with Crippen LogP contribution in [0.2, 0.25) is 0 Å². The van der Waals surface area contributed by atoms with Crippen LogP contribution in [0.5, 0.6) is 0 Å². The van der Waals surface area contributed by atoms with Gasteiger partial charge in [-0.1, -0.05) is 0 Å². The van der Waals surface area contributed by atoms with Crippen molar-refractivity contribution in [1.29, 1.82) is 0 Å². The van der Waals surface area contributed by atoms with Crippen molar-refractivity contribution in [3.05, 3.63) is 4.91 Å². The maximum absolute atomic E-state index is 8.11. The Labute approximate surface area is 52.9 Å². The molecule has 0 aliphatic heterocycles. The van der Waals surface area contributed by atoms with Crippen molar-refractivity contribution in [2.75, 3.05) is 0 Å². The fraction of sp³-hybridized carbons (Fsp3) is 0. The molecule has 1 radical (unpaired) electrons. The Bertz CT molecular complexity index is 13.5. The van der Waals surface area contributed by atoms with Gasteiger partial charge in [0, 0.05) is 37.7 Å². The van der Waals surface area contributed by atoms with E-state index in [1.807, 2.05) is 0 Å². The third kappa shape index (κ3) is 16.8. The molecular weight excluding hydrogens is 211 g/mol. The Kier molecular flexibility index (Phi) is 20.7. The zero-order valence-electron chi connectivity index (χ0n) is 1.60. The first kappa shape index (κ1) is 8.82. The molecule has 0 saturated carbocycles. The fourth-order valence-corrected chi connectivity index (χ4v) is 0. The van der Waals surface area contributed by atoms with Crippen molar-refractivity contribution in [2.24, 2.45) is 5.34 Å². The average molecular weight is 212 g/mol. The van der Waals surface area contributed by atoms with E-state index in [-0.39, 0.29) is 37.7 Å². The molecule has 0 aromatic rings. The molecule has 0 bridgehead atoms. The third-order valence-electron chi connectivity index (χ3n) is 0. The van der Waals surface area contributed by atoms with Crippen molar-refractivity contribution >= 4 is 0 Å². The van der Waals surface area contributed by atoms with Gasteiger partial charge in [-0.25, -0.2) is 0 Å². The Morgan fingerprint density at radius 1 is 1.75 bits per heavy atom. The maximum atomic E-state index is 8.11. The van der Waals surface area contributed by atoms with Crippen LogP contribution < -0.4 is 0 Å². The van der Waals surface area contributed by atoms with Crippen LogP contribution in [0.4, 0.5) is 0 Å². The molecule has 4 heteroatoms. The predicted molar refractivity (Wildman–Crippen MR) is 7.58 cm³/mol. The summed E-state index contributed by atoms with van der Waals surface area (Å²) in [6.45, 7) is 0. The van der Waals surface area contributed by atoms with Crippen LogP contribution in [0.1, 0.15) is 0 Å². The number of nitrogens with zero attached hydrogens (tertiary/aromatic N) is 1. The monoisotopic (exact) mass is 212 g/mol. The summed E-state index contributed by atoms with van der Waals surface area (Å²) in [6.07, 6.45) is 0. The van der Waals surface area contributed by atoms with Crippen LogP contribution in [0.15, 0.2) is 5.34 Å². The summed E-state index contributed by atoms with van der Waals surface area (Å²) in [5.74, 6) is 0. The van der Waals surface area contributed by atoms with Crippen LogP contribution in [-0.4, -0.2) is 5.21 Å². The average Bonchev–Trinajstić information content (AvgIpc) is 0.918. The standard InChI is InChI=1S/Ho.HNO2/c;2-1-3/h;(H,2,3). The van der Waals surface area contributed by atoms with Gasteiger partial charge in [-0.2, -0.15) is 0 Å². The third-order valence-corrected chi connectivity index (χ3v) is 0. The molecule has 0 aliphatic rings. The van der Waals surface area contributed by atoms with Crippen LogP contribution in [0.25, 0.3) is 0 Å². The van der Waals surface area contributed by atoms with Crippen molar-refractivity contribution in [3.8, 4) is 0 Å². The van der Waals surface area contributed by atoms with E-state index in [4.69, 9.17) is 10.1 Å². The maximum Gasteiger partial charge on any atom is 0.152 e. The molecule has 0 aliphatic carbocycles. The summed E-state index contributed by atoms with van der Waals surface area (Å²) < 4.78 is 0. The first-order valence-corrected chi connectivity index (χ1v) is 0.383. The molecule has 0 fully saturated rings. The van der Waals surface area contributed by atoms with E-state index in [1.165, 1.54) is 5.34 Å². The largest absolute Gasteiger partial charge is 0.379 e. The molecule has 0 unspecified atom stereocenters. The van der Waals surface area contributed by atoms with E-state index in [0.29, 0.717) is 0 Å². The summed E-state index contributed by atoms with van der Waals surface area (Å²) in [4.78, 5) is 8.11. The van der Waals surface area contributed by atoms with Crippen LogP contribution in [-0.2, 0) is 0 Å². The van der Waals surface area contributed by atoms with E-state index in [0.717, 1.165) is 0 Å². The van der Waals surface area contributed by atoms with E-state index in [9.17, 15) is 0 Å². The normalized spacial score (nSPS) is 3.00.